The summed E-state index contributed by atoms with van der Waals surface area (Å²) in [6.45, 7) is 15.4. The number of urea groups is 1. The first-order valence-electron chi connectivity index (χ1n) is 14.8. The Hall–Kier alpha value is -2.42. The van der Waals surface area contributed by atoms with Crippen LogP contribution < -0.4 is 5.32 Å². The predicted molar refractivity (Wildman–Crippen MR) is 151 cm³/mol. The van der Waals surface area contributed by atoms with E-state index in [2.05, 4.69) is 46.0 Å². The van der Waals surface area contributed by atoms with Crippen LogP contribution in [0.15, 0.2) is 23.3 Å². The highest BCUT2D eigenvalue weighted by Gasteiger charge is 2.70. The lowest BCUT2D eigenvalue weighted by molar-refractivity contribution is -0.160. The third-order valence-corrected chi connectivity index (χ3v) is 12.6. The van der Waals surface area contributed by atoms with Crippen LogP contribution in [0.2, 0.25) is 0 Å². The molecule has 0 saturated heterocycles. The van der Waals surface area contributed by atoms with Gasteiger partial charge < -0.3 is 10.2 Å². The zero-order valence-corrected chi connectivity index (χ0v) is 25.5. The Morgan fingerprint density at radius 1 is 1.00 bits per heavy atom. The quantitative estimate of drug-likeness (QED) is 0.433. The van der Waals surface area contributed by atoms with Crippen LogP contribution in [-0.2, 0) is 9.59 Å². The Kier molecular flexibility index (Phi) is 5.99. The molecule has 0 aromatic heterocycles. The zero-order valence-electron chi connectivity index (χ0n) is 25.5. The lowest BCUT2D eigenvalue weighted by Gasteiger charge is -2.69. The fourth-order valence-corrected chi connectivity index (χ4v) is 10.2. The number of Topliss-reactive ketones (excluding diaryl/α,β-unsaturated/α-hetero) is 1. The standard InChI is InChI=1S/C33H47N3O3/c1-28(2)12-14-33(35-27(39)36(8)9)15-13-32(7)25(21(33)18-28)22(37)16-24-30(5)17-20(19-34)26(38)29(3,4)23(30)10-11-31(24,32)6/h16-17,21,23,25H,10-15,18H2,1-9H3,(H,35,39)/t21-,23+,25+,30+,31-,32-,33+/m1/s1. The van der Waals surface area contributed by atoms with Crippen LogP contribution in [0.25, 0.3) is 0 Å². The van der Waals surface area contributed by atoms with Crippen LogP contribution in [0, 0.1) is 56.2 Å². The molecule has 0 heterocycles. The molecule has 3 fully saturated rings. The Bertz CT molecular complexity index is 1250. The predicted octanol–water partition coefficient (Wildman–Crippen LogP) is 6.23. The van der Waals surface area contributed by atoms with Crippen molar-refractivity contribution < 1.29 is 14.4 Å². The third-order valence-electron chi connectivity index (χ3n) is 12.6. The summed E-state index contributed by atoms with van der Waals surface area (Å²) in [4.78, 5) is 42.4. The summed E-state index contributed by atoms with van der Waals surface area (Å²) in [6.07, 6.45) is 10.2. The summed E-state index contributed by atoms with van der Waals surface area (Å²) >= 11 is 0. The van der Waals surface area contributed by atoms with E-state index in [-0.39, 0.29) is 62.7 Å². The molecule has 0 aliphatic heterocycles. The molecule has 0 unspecified atom stereocenters. The van der Waals surface area contributed by atoms with Crippen molar-refractivity contribution in [3.05, 3.63) is 23.3 Å². The Balaban J connectivity index is 1.67. The number of carbonyl (C=O) groups is 3. The molecule has 5 rings (SSSR count). The number of nitrogens with one attached hydrogen (secondary N) is 1. The molecule has 6 nitrogen and oxygen atoms in total. The summed E-state index contributed by atoms with van der Waals surface area (Å²) in [7, 11) is 3.56. The highest BCUT2D eigenvalue weighted by Crippen LogP contribution is 2.73. The van der Waals surface area contributed by atoms with Crippen molar-refractivity contribution in [2.75, 3.05) is 14.1 Å². The van der Waals surface area contributed by atoms with Crippen molar-refractivity contribution in [2.45, 2.75) is 99.0 Å². The summed E-state index contributed by atoms with van der Waals surface area (Å²) in [6, 6.07) is 2.11. The molecule has 0 aromatic carbocycles. The number of hydrogen-bond acceptors (Lipinski definition) is 4. The molecule has 5 aliphatic carbocycles. The first kappa shape index (κ1) is 28.1. The van der Waals surface area contributed by atoms with Gasteiger partial charge in [0.2, 0.25) is 0 Å². The van der Waals surface area contributed by atoms with E-state index in [1.54, 1.807) is 19.0 Å². The van der Waals surface area contributed by atoms with Crippen LogP contribution in [-0.4, -0.2) is 42.1 Å². The van der Waals surface area contributed by atoms with E-state index in [0.29, 0.717) is 0 Å². The van der Waals surface area contributed by atoms with Crippen molar-refractivity contribution in [1.29, 1.82) is 5.26 Å². The summed E-state index contributed by atoms with van der Waals surface area (Å²) in [5.74, 6) is 0.00860. The molecule has 1 N–H and O–H groups in total. The minimum Gasteiger partial charge on any atom is -0.332 e. The molecule has 6 heteroatoms. The fourth-order valence-electron chi connectivity index (χ4n) is 10.2. The van der Waals surface area contributed by atoms with Gasteiger partial charge in [-0.1, -0.05) is 60.1 Å². The molecule has 5 aliphatic rings. The van der Waals surface area contributed by atoms with E-state index in [9.17, 15) is 19.6 Å². The maximum Gasteiger partial charge on any atom is 0.317 e. The average molecular weight is 534 g/mol. The first-order chi connectivity index (χ1) is 17.9. The van der Waals surface area contributed by atoms with Crippen LogP contribution in [0.4, 0.5) is 4.79 Å². The van der Waals surface area contributed by atoms with Crippen LogP contribution in [0.3, 0.4) is 0 Å². The highest BCUT2D eigenvalue weighted by molar-refractivity contribution is 6.04. The number of nitrogens with zero attached hydrogens (tertiary/aromatic N) is 2. The Labute approximate surface area is 234 Å². The first-order valence-corrected chi connectivity index (χ1v) is 14.8. The number of rotatable bonds is 1. The van der Waals surface area contributed by atoms with Crippen LogP contribution >= 0.6 is 0 Å². The van der Waals surface area contributed by atoms with E-state index in [1.165, 1.54) is 0 Å². The monoisotopic (exact) mass is 533 g/mol. The van der Waals surface area contributed by atoms with Gasteiger partial charge >= 0.3 is 6.03 Å². The zero-order chi connectivity index (χ0) is 29.0. The molecular formula is C33H47N3O3. The minimum atomic E-state index is -0.664. The maximum absolute atomic E-state index is 14.5. The second-order valence-corrected chi connectivity index (χ2v) is 15.7. The van der Waals surface area contributed by atoms with Gasteiger partial charge in [-0.15, -0.1) is 0 Å². The molecule has 0 radical (unpaired) electrons. The Morgan fingerprint density at radius 2 is 1.64 bits per heavy atom. The molecule has 2 amide bonds. The van der Waals surface area contributed by atoms with Crippen LogP contribution in [0.5, 0.6) is 0 Å². The normalized spacial score (nSPS) is 43.8. The second kappa shape index (κ2) is 8.30. The lowest BCUT2D eigenvalue weighted by atomic mass is 9.35. The SMILES string of the molecule is CN(C)C(=O)N[C@]12CCC(C)(C)C[C@@H]1[C@H]1C(=O)C=C3[C@@]4(C)C=C(C#N)C(=O)C(C)(C)[C@@H]4CC[C@@]3(C)[C@]1(C)CC2. The van der Waals surface area contributed by atoms with E-state index in [4.69, 9.17) is 0 Å². The van der Waals surface area contributed by atoms with Gasteiger partial charge in [0.1, 0.15) is 6.07 Å². The largest absolute Gasteiger partial charge is 0.332 e. The summed E-state index contributed by atoms with van der Waals surface area (Å²) < 4.78 is 0. The number of nitriles is 1. The van der Waals surface area contributed by atoms with Crippen LogP contribution in [0.1, 0.15) is 93.4 Å². The molecule has 212 valence electrons. The van der Waals surface area contributed by atoms with Gasteiger partial charge in [0, 0.05) is 36.4 Å². The summed E-state index contributed by atoms with van der Waals surface area (Å²) in [5.41, 5.74) is -0.658. The highest BCUT2D eigenvalue weighted by atomic mass is 16.2. The topological polar surface area (TPSA) is 90.3 Å². The van der Waals surface area contributed by atoms with E-state index < -0.39 is 10.8 Å². The van der Waals surface area contributed by atoms with Gasteiger partial charge in [-0.2, -0.15) is 5.26 Å². The average Bonchev–Trinajstić information content (AvgIpc) is 2.83. The van der Waals surface area contributed by atoms with Crippen molar-refractivity contribution in [1.82, 2.24) is 10.2 Å². The number of ketones is 2. The number of amides is 2. The number of carbonyl (C=O) groups excluding carboxylic acids is 3. The second-order valence-electron chi connectivity index (χ2n) is 15.7. The smallest absolute Gasteiger partial charge is 0.317 e. The maximum atomic E-state index is 14.5. The Morgan fingerprint density at radius 3 is 2.26 bits per heavy atom. The molecular weight excluding hydrogens is 486 g/mol. The fraction of sp³-hybridized carbons (Fsp3) is 0.758. The van der Waals surface area contributed by atoms with E-state index >= 15 is 0 Å². The van der Waals surface area contributed by atoms with Gasteiger partial charge in [0.25, 0.3) is 0 Å². The van der Waals surface area contributed by atoms with Crippen molar-refractivity contribution in [3.8, 4) is 6.07 Å². The molecule has 0 spiro atoms. The number of allylic oxidation sites excluding steroid dienone is 4. The van der Waals surface area contributed by atoms with Crippen molar-refractivity contribution >= 4 is 17.6 Å². The number of hydrogen-bond donors (Lipinski definition) is 1. The van der Waals surface area contributed by atoms with Crippen molar-refractivity contribution in [3.63, 3.8) is 0 Å². The number of fused-ring (bicyclic) bond motifs is 7. The van der Waals surface area contributed by atoms with Crippen molar-refractivity contribution in [2.24, 2.45) is 44.8 Å². The van der Waals surface area contributed by atoms with Gasteiger partial charge in [-0.25, -0.2) is 4.79 Å². The van der Waals surface area contributed by atoms with Gasteiger partial charge in [0.05, 0.1) is 5.57 Å². The minimum absolute atomic E-state index is 0.0394. The molecule has 0 bridgehead atoms. The molecule has 7 atom stereocenters. The van der Waals surface area contributed by atoms with Gasteiger partial charge in [0.15, 0.2) is 11.6 Å². The summed E-state index contributed by atoms with van der Waals surface area (Å²) in [5, 5.41) is 13.3. The third kappa shape index (κ3) is 3.60. The molecule has 39 heavy (non-hydrogen) atoms. The van der Waals surface area contributed by atoms with E-state index in [1.807, 2.05) is 26.0 Å². The van der Waals surface area contributed by atoms with Gasteiger partial charge in [-0.05, 0) is 79.1 Å². The molecule has 3 saturated carbocycles. The van der Waals surface area contributed by atoms with Gasteiger partial charge in [-0.3, -0.25) is 9.59 Å². The molecule has 0 aromatic rings. The lowest BCUT2D eigenvalue weighted by Crippen LogP contribution is -2.70. The van der Waals surface area contributed by atoms with E-state index in [0.717, 1.165) is 50.5 Å².